The number of nitrogens with zero attached hydrogens (tertiary/aromatic N) is 2. The van der Waals surface area contributed by atoms with Crippen LogP contribution in [0.4, 0.5) is 0 Å². The number of carbonyl (C=O) groups excluding carboxylic acids is 3. The van der Waals surface area contributed by atoms with Crippen molar-refractivity contribution in [1.29, 1.82) is 0 Å². The van der Waals surface area contributed by atoms with E-state index in [2.05, 4.69) is 0 Å². The number of hydrogen-bond acceptors (Lipinski definition) is 4. The lowest BCUT2D eigenvalue weighted by Crippen LogP contribution is -2.62. The molecule has 0 saturated carbocycles. The Morgan fingerprint density at radius 1 is 1.00 bits per heavy atom. The third kappa shape index (κ3) is 4.76. The van der Waals surface area contributed by atoms with Gasteiger partial charge < -0.3 is 10.6 Å². The predicted octanol–water partition coefficient (Wildman–Crippen LogP) is 2.43. The Kier molecular flexibility index (Phi) is 6.37. The fraction of sp³-hybridized carbons (Fsp3) is 0.375. The van der Waals surface area contributed by atoms with Crippen LogP contribution in [0, 0.1) is 0 Å². The van der Waals surface area contributed by atoms with Crippen molar-refractivity contribution >= 4 is 17.6 Å². The summed E-state index contributed by atoms with van der Waals surface area (Å²) in [6.45, 7) is 7.75. The maximum atomic E-state index is 13.2. The summed E-state index contributed by atoms with van der Waals surface area (Å²) in [6.07, 6.45) is 0. The van der Waals surface area contributed by atoms with Gasteiger partial charge in [0, 0.05) is 36.3 Å². The largest absolute Gasteiger partial charge is 0.369 e. The smallest absolute Gasteiger partial charge is 0.231 e. The van der Waals surface area contributed by atoms with Crippen LogP contribution in [-0.2, 0) is 9.59 Å². The van der Waals surface area contributed by atoms with Crippen LogP contribution in [-0.4, -0.2) is 59.1 Å². The minimum absolute atomic E-state index is 0.0195. The summed E-state index contributed by atoms with van der Waals surface area (Å²) in [5.41, 5.74) is 7.03. The topological polar surface area (TPSA) is 83.7 Å². The lowest BCUT2D eigenvalue weighted by Gasteiger charge is -2.47. The van der Waals surface area contributed by atoms with Crippen LogP contribution in [0.1, 0.15) is 48.2 Å². The maximum Gasteiger partial charge on any atom is 0.231 e. The van der Waals surface area contributed by atoms with Crippen molar-refractivity contribution in [2.75, 3.05) is 26.2 Å². The average molecular weight is 408 g/mol. The van der Waals surface area contributed by atoms with E-state index in [1.54, 1.807) is 18.2 Å². The Bertz CT molecular complexity index is 940. The van der Waals surface area contributed by atoms with E-state index in [-0.39, 0.29) is 35.6 Å². The molecule has 0 aliphatic carbocycles. The Hall–Kier alpha value is -2.99. The maximum absolute atomic E-state index is 13.2. The lowest BCUT2D eigenvalue weighted by molar-refractivity contribution is -0.138. The molecule has 6 nitrogen and oxygen atoms in total. The lowest BCUT2D eigenvalue weighted by atomic mass is 9.93. The van der Waals surface area contributed by atoms with Gasteiger partial charge in [0.25, 0.3) is 0 Å². The van der Waals surface area contributed by atoms with Gasteiger partial charge in [0.05, 0.1) is 12.5 Å². The van der Waals surface area contributed by atoms with E-state index in [1.165, 1.54) is 0 Å². The number of amides is 2. The molecule has 3 rings (SSSR count). The van der Waals surface area contributed by atoms with Crippen LogP contribution in [0.2, 0.25) is 0 Å². The number of nitrogens with two attached hydrogens (primary N) is 1. The Balaban J connectivity index is 1.74. The SMILES string of the molecule is C[C@@H](C(=O)N1CCN(CC(N)=O)C(C)(C)C1)c1cccc(C(=O)c2ccccc2)c1. The van der Waals surface area contributed by atoms with Gasteiger partial charge in [0.1, 0.15) is 0 Å². The molecule has 158 valence electrons. The van der Waals surface area contributed by atoms with Crippen molar-refractivity contribution in [2.45, 2.75) is 32.2 Å². The van der Waals surface area contributed by atoms with E-state index in [9.17, 15) is 14.4 Å². The highest BCUT2D eigenvalue weighted by Gasteiger charge is 2.37. The summed E-state index contributed by atoms with van der Waals surface area (Å²) in [4.78, 5) is 41.1. The zero-order chi connectivity index (χ0) is 21.9. The van der Waals surface area contributed by atoms with Gasteiger partial charge in [-0.1, -0.05) is 48.5 Å². The summed E-state index contributed by atoms with van der Waals surface area (Å²) >= 11 is 0. The molecule has 1 fully saturated rings. The summed E-state index contributed by atoms with van der Waals surface area (Å²) < 4.78 is 0. The molecule has 30 heavy (non-hydrogen) atoms. The molecule has 0 aromatic heterocycles. The molecule has 0 spiro atoms. The number of carbonyl (C=O) groups is 3. The van der Waals surface area contributed by atoms with Crippen molar-refractivity contribution in [3.8, 4) is 0 Å². The summed E-state index contributed by atoms with van der Waals surface area (Å²) in [5, 5.41) is 0. The van der Waals surface area contributed by atoms with Gasteiger partial charge in [-0.05, 0) is 32.4 Å². The first kappa shape index (κ1) is 21.7. The quantitative estimate of drug-likeness (QED) is 0.746. The molecule has 0 bridgehead atoms. The molecular formula is C24H29N3O3. The normalized spacial score (nSPS) is 17.4. The highest BCUT2D eigenvalue weighted by molar-refractivity contribution is 6.09. The molecule has 2 aromatic carbocycles. The number of ketones is 1. The zero-order valence-electron chi connectivity index (χ0n) is 17.8. The standard InChI is InChI=1S/C24H29N3O3/c1-17(23(30)26-12-13-27(15-21(25)28)24(2,3)16-26)19-10-7-11-20(14-19)22(29)18-8-5-4-6-9-18/h4-11,14,17H,12-13,15-16H2,1-3H3,(H2,25,28)/t17-/m1/s1. The molecule has 2 amide bonds. The van der Waals surface area contributed by atoms with Crippen LogP contribution in [0.25, 0.3) is 0 Å². The minimum atomic E-state index is -0.369. The van der Waals surface area contributed by atoms with Gasteiger partial charge in [-0.15, -0.1) is 0 Å². The molecule has 1 saturated heterocycles. The van der Waals surface area contributed by atoms with Crippen LogP contribution >= 0.6 is 0 Å². The minimum Gasteiger partial charge on any atom is -0.369 e. The molecule has 1 aliphatic rings. The van der Waals surface area contributed by atoms with Gasteiger partial charge in [0.2, 0.25) is 11.8 Å². The van der Waals surface area contributed by atoms with Crippen molar-refractivity contribution in [3.05, 3.63) is 71.3 Å². The van der Waals surface area contributed by atoms with E-state index >= 15 is 0 Å². The van der Waals surface area contributed by atoms with Crippen molar-refractivity contribution < 1.29 is 14.4 Å². The van der Waals surface area contributed by atoms with Crippen molar-refractivity contribution in [3.63, 3.8) is 0 Å². The first-order valence-electron chi connectivity index (χ1n) is 10.2. The van der Waals surface area contributed by atoms with Gasteiger partial charge >= 0.3 is 0 Å². The summed E-state index contributed by atoms with van der Waals surface area (Å²) in [7, 11) is 0. The highest BCUT2D eigenvalue weighted by Crippen LogP contribution is 2.26. The number of rotatable bonds is 6. The second-order valence-electron chi connectivity index (χ2n) is 8.50. The first-order valence-corrected chi connectivity index (χ1v) is 10.2. The summed E-state index contributed by atoms with van der Waals surface area (Å²) in [6, 6.07) is 16.4. The van der Waals surface area contributed by atoms with Crippen molar-refractivity contribution in [1.82, 2.24) is 9.80 Å². The molecule has 1 aliphatic heterocycles. The van der Waals surface area contributed by atoms with Crippen molar-refractivity contribution in [2.24, 2.45) is 5.73 Å². The molecule has 1 atom stereocenters. The number of hydrogen-bond donors (Lipinski definition) is 1. The highest BCUT2D eigenvalue weighted by atomic mass is 16.2. The Morgan fingerprint density at radius 3 is 2.30 bits per heavy atom. The van der Waals surface area contributed by atoms with Crippen LogP contribution in [0.15, 0.2) is 54.6 Å². The van der Waals surface area contributed by atoms with Gasteiger partial charge in [-0.2, -0.15) is 0 Å². The number of primary amides is 1. The molecule has 0 radical (unpaired) electrons. The second kappa shape index (κ2) is 8.79. The second-order valence-corrected chi connectivity index (χ2v) is 8.50. The van der Waals surface area contributed by atoms with Crippen LogP contribution in [0.3, 0.4) is 0 Å². The Morgan fingerprint density at radius 2 is 1.67 bits per heavy atom. The fourth-order valence-corrected chi connectivity index (χ4v) is 3.98. The van der Waals surface area contributed by atoms with E-state index in [1.807, 2.05) is 67.0 Å². The third-order valence-electron chi connectivity index (χ3n) is 5.79. The van der Waals surface area contributed by atoms with E-state index in [4.69, 9.17) is 5.73 Å². The zero-order valence-corrected chi connectivity index (χ0v) is 17.8. The van der Waals surface area contributed by atoms with Gasteiger partial charge in [-0.25, -0.2) is 0 Å². The molecule has 1 heterocycles. The molecule has 2 N–H and O–H groups in total. The molecular weight excluding hydrogens is 378 g/mol. The Labute approximate surface area is 177 Å². The first-order chi connectivity index (χ1) is 14.2. The predicted molar refractivity (Wildman–Crippen MR) is 116 cm³/mol. The molecule has 6 heteroatoms. The molecule has 0 unspecified atom stereocenters. The summed E-state index contributed by atoms with van der Waals surface area (Å²) in [5.74, 6) is -0.771. The van der Waals surface area contributed by atoms with E-state index in [0.29, 0.717) is 30.8 Å². The van der Waals surface area contributed by atoms with Gasteiger partial charge in [-0.3, -0.25) is 19.3 Å². The fourth-order valence-electron chi connectivity index (χ4n) is 3.98. The number of piperazine rings is 1. The monoisotopic (exact) mass is 407 g/mol. The third-order valence-corrected chi connectivity index (χ3v) is 5.79. The van der Waals surface area contributed by atoms with E-state index in [0.717, 1.165) is 5.56 Å². The number of benzene rings is 2. The van der Waals surface area contributed by atoms with E-state index < -0.39 is 0 Å². The van der Waals surface area contributed by atoms with Crippen LogP contribution < -0.4 is 5.73 Å². The van der Waals surface area contributed by atoms with Crippen LogP contribution in [0.5, 0.6) is 0 Å². The van der Waals surface area contributed by atoms with Gasteiger partial charge in [0.15, 0.2) is 5.78 Å². The average Bonchev–Trinajstić information content (AvgIpc) is 2.73. The molecule has 2 aromatic rings.